The van der Waals surface area contributed by atoms with Crippen molar-refractivity contribution < 1.29 is 9.90 Å². The van der Waals surface area contributed by atoms with Gasteiger partial charge in [0.1, 0.15) is 6.10 Å². The van der Waals surface area contributed by atoms with E-state index in [4.69, 9.17) is 0 Å². The average molecular weight is 377 g/mol. The number of carbonyl (C=O) groups is 1. The van der Waals surface area contributed by atoms with E-state index in [0.717, 1.165) is 36.8 Å². The Balaban J connectivity index is 1.36. The van der Waals surface area contributed by atoms with E-state index in [-0.39, 0.29) is 5.91 Å². The van der Waals surface area contributed by atoms with Crippen LogP contribution in [0, 0.1) is 0 Å². The standard InChI is InChI=1S/C19H24N2O2S2/c22-17(18-7-4-13-25-18)15-20-9-11-21(12-10-20)19(23)8-14-24-16-5-2-1-3-6-16/h1-7,13,17,22H,8-12,14-15H2/t17-/m1/s1. The lowest BCUT2D eigenvalue weighted by molar-refractivity contribution is -0.132. The van der Waals surface area contributed by atoms with Crippen LogP contribution in [0.1, 0.15) is 17.4 Å². The molecule has 0 unspecified atom stereocenters. The molecule has 0 spiro atoms. The average Bonchev–Trinajstić information content (AvgIpc) is 3.18. The van der Waals surface area contributed by atoms with E-state index in [0.29, 0.717) is 13.0 Å². The number of carbonyl (C=O) groups excluding carboxylic acids is 1. The highest BCUT2D eigenvalue weighted by Gasteiger charge is 2.22. The van der Waals surface area contributed by atoms with Crippen molar-refractivity contribution in [2.75, 3.05) is 38.5 Å². The number of aliphatic hydroxyl groups excluding tert-OH is 1. The van der Waals surface area contributed by atoms with Crippen molar-refractivity contribution in [2.24, 2.45) is 0 Å². The van der Waals surface area contributed by atoms with Gasteiger partial charge in [-0.25, -0.2) is 0 Å². The Bertz CT molecular complexity index is 641. The van der Waals surface area contributed by atoms with Crippen LogP contribution in [-0.4, -0.2) is 59.3 Å². The van der Waals surface area contributed by atoms with Crippen LogP contribution in [0.5, 0.6) is 0 Å². The molecule has 1 saturated heterocycles. The van der Waals surface area contributed by atoms with Crippen LogP contribution in [0.25, 0.3) is 0 Å². The highest BCUT2D eigenvalue weighted by atomic mass is 32.2. The molecule has 2 heterocycles. The number of thiophene rings is 1. The van der Waals surface area contributed by atoms with Crippen molar-refractivity contribution in [3.05, 3.63) is 52.7 Å². The maximum atomic E-state index is 12.4. The van der Waals surface area contributed by atoms with Gasteiger partial charge in [-0.3, -0.25) is 9.69 Å². The number of thioether (sulfide) groups is 1. The molecule has 6 heteroatoms. The van der Waals surface area contributed by atoms with Gasteiger partial charge in [-0.2, -0.15) is 0 Å². The van der Waals surface area contributed by atoms with E-state index in [9.17, 15) is 9.90 Å². The van der Waals surface area contributed by atoms with Gasteiger partial charge in [0.15, 0.2) is 0 Å². The van der Waals surface area contributed by atoms with Crippen molar-refractivity contribution in [3.63, 3.8) is 0 Å². The number of benzene rings is 1. The van der Waals surface area contributed by atoms with Gasteiger partial charge >= 0.3 is 0 Å². The Morgan fingerprint density at radius 2 is 1.88 bits per heavy atom. The molecule has 1 N–H and O–H groups in total. The molecule has 1 aliphatic heterocycles. The molecular formula is C19H24N2O2S2. The molecule has 0 bridgehead atoms. The first kappa shape index (κ1) is 18.5. The molecule has 4 nitrogen and oxygen atoms in total. The Morgan fingerprint density at radius 1 is 1.12 bits per heavy atom. The summed E-state index contributed by atoms with van der Waals surface area (Å²) in [5.41, 5.74) is 0. The minimum absolute atomic E-state index is 0.238. The zero-order valence-corrected chi connectivity index (χ0v) is 15.8. The first-order chi connectivity index (χ1) is 12.2. The minimum Gasteiger partial charge on any atom is -0.386 e. The van der Waals surface area contributed by atoms with Crippen molar-refractivity contribution >= 4 is 29.0 Å². The van der Waals surface area contributed by atoms with Crippen LogP contribution in [-0.2, 0) is 4.79 Å². The summed E-state index contributed by atoms with van der Waals surface area (Å²) in [5.74, 6) is 1.06. The van der Waals surface area contributed by atoms with Gasteiger partial charge in [0.05, 0.1) is 0 Å². The molecule has 134 valence electrons. The lowest BCUT2D eigenvalue weighted by Crippen LogP contribution is -2.49. The van der Waals surface area contributed by atoms with E-state index >= 15 is 0 Å². The van der Waals surface area contributed by atoms with Gasteiger partial charge in [0.25, 0.3) is 0 Å². The maximum absolute atomic E-state index is 12.4. The molecule has 0 radical (unpaired) electrons. The first-order valence-corrected chi connectivity index (χ1v) is 10.5. The van der Waals surface area contributed by atoms with Gasteiger partial charge in [-0.05, 0) is 23.6 Å². The predicted molar refractivity (Wildman–Crippen MR) is 104 cm³/mol. The van der Waals surface area contributed by atoms with Crippen LogP contribution in [0.15, 0.2) is 52.7 Å². The molecule has 1 amide bonds. The van der Waals surface area contributed by atoms with Crippen LogP contribution in [0.2, 0.25) is 0 Å². The van der Waals surface area contributed by atoms with Gasteiger partial charge in [-0.1, -0.05) is 24.3 Å². The quantitative estimate of drug-likeness (QED) is 0.754. The molecule has 0 aliphatic carbocycles. The Morgan fingerprint density at radius 3 is 2.56 bits per heavy atom. The molecule has 2 aromatic rings. The van der Waals surface area contributed by atoms with Crippen LogP contribution in [0.4, 0.5) is 0 Å². The largest absolute Gasteiger partial charge is 0.386 e. The third-order valence-electron chi connectivity index (χ3n) is 4.36. The van der Waals surface area contributed by atoms with E-state index in [2.05, 4.69) is 17.0 Å². The van der Waals surface area contributed by atoms with Gasteiger partial charge < -0.3 is 10.0 Å². The summed E-state index contributed by atoms with van der Waals surface area (Å²) in [4.78, 5) is 18.8. The van der Waals surface area contributed by atoms with Gasteiger partial charge in [0.2, 0.25) is 5.91 Å². The number of amides is 1. The summed E-state index contributed by atoms with van der Waals surface area (Å²) in [7, 11) is 0. The van der Waals surface area contributed by atoms with Crippen molar-refractivity contribution in [3.8, 4) is 0 Å². The van der Waals surface area contributed by atoms with Crippen molar-refractivity contribution in [1.29, 1.82) is 0 Å². The molecule has 0 saturated carbocycles. The highest BCUT2D eigenvalue weighted by Crippen LogP contribution is 2.21. The number of rotatable bonds is 7. The van der Waals surface area contributed by atoms with Crippen LogP contribution in [0.3, 0.4) is 0 Å². The predicted octanol–water partition coefficient (Wildman–Crippen LogP) is 3.11. The minimum atomic E-state index is -0.426. The Kier molecular flexibility index (Phi) is 6.93. The van der Waals surface area contributed by atoms with Crippen LogP contribution >= 0.6 is 23.1 Å². The molecule has 1 aliphatic rings. The number of hydrogen-bond donors (Lipinski definition) is 1. The fourth-order valence-electron chi connectivity index (χ4n) is 2.93. The smallest absolute Gasteiger partial charge is 0.223 e. The summed E-state index contributed by atoms with van der Waals surface area (Å²) in [5, 5.41) is 12.2. The fourth-order valence-corrected chi connectivity index (χ4v) is 4.49. The monoisotopic (exact) mass is 376 g/mol. The Labute approximate surface area is 157 Å². The Hall–Kier alpha value is -1.34. The summed E-state index contributed by atoms with van der Waals surface area (Å²) >= 11 is 3.32. The normalized spacial score (nSPS) is 16.8. The first-order valence-electron chi connectivity index (χ1n) is 8.62. The summed E-state index contributed by atoms with van der Waals surface area (Å²) in [6.07, 6.45) is 0.154. The van der Waals surface area contributed by atoms with Crippen LogP contribution < -0.4 is 0 Å². The van der Waals surface area contributed by atoms with E-state index in [1.54, 1.807) is 23.1 Å². The second-order valence-corrected chi connectivity index (χ2v) is 8.27. The number of aliphatic hydroxyl groups is 1. The summed E-state index contributed by atoms with van der Waals surface area (Å²) in [6.45, 7) is 3.82. The molecule has 1 atom stereocenters. The van der Waals surface area contributed by atoms with Gasteiger partial charge in [0, 0.05) is 54.7 Å². The van der Waals surface area contributed by atoms with Crippen molar-refractivity contribution in [2.45, 2.75) is 17.4 Å². The lowest BCUT2D eigenvalue weighted by Gasteiger charge is -2.35. The summed E-state index contributed by atoms with van der Waals surface area (Å²) < 4.78 is 0. The third-order valence-corrected chi connectivity index (χ3v) is 6.34. The highest BCUT2D eigenvalue weighted by molar-refractivity contribution is 7.99. The number of nitrogens with zero attached hydrogens (tertiary/aromatic N) is 2. The maximum Gasteiger partial charge on any atom is 0.223 e. The SMILES string of the molecule is O=C(CCSc1ccccc1)N1CCN(C[C@@H](O)c2cccs2)CC1. The third kappa shape index (κ3) is 5.57. The lowest BCUT2D eigenvalue weighted by atomic mass is 10.2. The van der Waals surface area contributed by atoms with E-state index in [1.807, 2.05) is 40.6 Å². The zero-order chi connectivity index (χ0) is 17.5. The number of β-amino-alcohol motifs (C(OH)–C–C–N with tert-alkyl or cyclic N) is 1. The molecule has 25 heavy (non-hydrogen) atoms. The zero-order valence-electron chi connectivity index (χ0n) is 14.2. The van der Waals surface area contributed by atoms with E-state index in [1.165, 1.54) is 4.90 Å². The molecular weight excluding hydrogens is 352 g/mol. The number of hydrogen-bond acceptors (Lipinski definition) is 5. The fraction of sp³-hybridized carbons (Fsp3) is 0.421. The molecule has 1 fully saturated rings. The molecule has 3 rings (SSSR count). The summed E-state index contributed by atoms with van der Waals surface area (Å²) in [6, 6.07) is 14.1. The molecule has 1 aromatic carbocycles. The van der Waals surface area contributed by atoms with Crippen molar-refractivity contribution in [1.82, 2.24) is 9.80 Å². The second-order valence-electron chi connectivity index (χ2n) is 6.12. The van der Waals surface area contributed by atoms with Gasteiger partial charge in [-0.15, -0.1) is 23.1 Å². The van der Waals surface area contributed by atoms with E-state index < -0.39 is 6.10 Å². The second kappa shape index (κ2) is 9.38. The molecule has 1 aromatic heterocycles. The topological polar surface area (TPSA) is 43.8 Å². The number of piperazine rings is 1.